The Morgan fingerprint density at radius 2 is 2.00 bits per heavy atom. The van der Waals surface area contributed by atoms with Gasteiger partial charge in [-0.1, -0.05) is 35.9 Å². The highest BCUT2D eigenvalue weighted by atomic mass is 16.3. The highest BCUT2D eigenvalue weighted by molar-refractivity contribution is 5.96. The van der Waals surface area contributed by atoms with E-state index < -0.39 is 0 Å². The summed E-state index contributed by atoms with van der Waals surface area (Å²) >= 11 is 0. The second kappa shape index (κ2) is 5.57. The van der Waals surface area contributed by atoms with Crippen LogP contribution in [0.25, 0.3) is 11.3 Å². The molecule has 2 aromatic rings. The molecule has 1 aromatic carbocycles. The van der Waals surface area contributed by atoms with Crippen LogP contribution in [0.3, 0.4) is 0 Å². The monoisotopic (exact) mass is 255 g/mol. The van der Waals surface area contributed by atoms with E-state index in [9.17, 15) is 4.79 Å². The highest BCUT2D eigenvalue weighted by Gasteiger charge is 2.15. The fourth-order valence-electron chi connectivity index (χ4n) is 1.83. The summed E-state index contributed by atoms with van der Waals surface area (Å²) in [5.41, 5.74) is 2.73. The molecule has 19 heavy (non-hydrogen) atoms. The van der Waals surface area contributed by atoms with Crippen molar-refractivity contribution in [1.29, 1.82) is 0 Å². The number of benzene rings is 1. The van der Waals surface area contributed by atoms with Crippen molar-refractivity contribution >= 4 is 5.91 Å². The summed E-state index contributed by atoms with van der Waals surface area (Å²) in [5, 5.41) is 2.75. The molecule has 1 N–H and O–H groups in total. The number of rotatable bonds is 4. The molecule has 0 unspecified atom stereocenters. The van der Waals surface area contributed by atoms with Crippen LogP contribution in [0.1, 0.15) is 21.7 Å². The quantitative estimate of drug-likeness (QED) is 0.850. The van der Waals surface area contributed by atoms with Crippen LogP contribution in [0, 0.1) is 13.8 Å². The van der Waals surface area contributed by atoms with E-state index in [0.29, 0.717) is 23.6 Å². The molecule has 0 bridgehead atoms. The third-order valence-corrected chi connectivity index (χ3v) is 2.91. The first kappa shape index (κ1) is 13.1. The van der Waals surface area contributed by atoms with Crippen LogP contribution in [0.5, 0.6) is 0 Å². The topological polar surface area (TPSA) is 42.2 Å². The molecule has 0 saturated carbocycles. The van der Waals surface area contributed by atoms with Gasteiger partial charge in [0.05, 0.1) is 5.56 Å². The third-order valence-electron chi connectivity index (χ3n) is 2.91. The molecule has 1 amide bonds. The summed E-state index contributed by atoms with van der Waals surface area (Å²) < 4.78 is 5.66. The number of carbonyl (C=O) groups is 1. The molecular formula is C16H17NO2. The van der Waals surface area contributed by atoms with Gasteiger partial charge >= 0.3 is 0 Å². The maximum Gasteiger partial charge on any atom is 0.255 e. The highest BCUT2D eigenvalue weighted by Crippen LogP contribution is 2.25. The minimum atomic E-state index is -0.139. The molecule has 0 aliphatic rings. The van der Waals surface area contributed by atoms with Crippen molar-refractivity contribution in [2.24, 2.45) is 0 Å². The Morgan fingerprint density at radius 3 is 2.63 bits per heavy atom. The van der Waals surface area contributed by atoms with E-state index >= 15 is 0 Å². The summed E-state index contributed by atoms with van der Waals surface area (Å²) in [7, 11) is 0. The van der Waals surface area contributed by atoms with Gasteiger partial charge in [-0.05, 0) is 19.9 Å². The van der Waals surface area contributed by atoms with Crippen LogP contribution >= 0.6 is 0 Å². The lowest BCUT2D eigenvalue weighted by Crippen LogP contribution is -2.23. The zero-order chi connectivity index (χ0) is 13.8. The Morgan fingerprint density at radius 1 is 1.32 bits per heavy atom. The third kappa shape index (κ3) is 2.94. The summed E-state index contributed by atoms with van der Waals surface area (Å²) in [4.78, 5) is 11.9. The molecule has 0 aliphatic carbocycles. The van der Waals surface area contributed by atoms with E-state index in [4.69, 9.17) is 4.42 Å². The van der Waals surface area contributed by atoms with Crippen LogP contribution in [0.15, 0.2) is 47.4 Å². The second-order valence-electron chi connectivity index (χ2n) is 4.45. The van der Waals surface area contributed by atoms with E-state index in [1.165, 1.54) is 5.56 Å². The minimum absolute atomic E-state index is 0.139. The first-order valence-electron chi connectivity index (χ1n) is 6.18. The molecule has 3 nitrogen and oxygen atoms in total. The Bertz CT molecular complexity index is 594. The average Bonchev–Trinajstić information content (AvgIpc) is 2.79. The van der Waals surface area contributed by atoms with Gasteiger partial charge in [0.2, 0.25) is 0 Å². The SMILES string of the molecule is C=CCNC(=O)c1cc(-c2ccc(C)cc2)oc1C. The van der Waals surface area contributed by atoms with Crippen LogP contribution < -0.4 is 5.32 Å². The van der Waals surface area contributed by atoms with Gasteiger partial charge in [0, 0.05) is 12.1 Å². The number of amides is 1. The lowest BCUT2D eigenvalue weighted by Gasteiger charge is -1.98. The molecule has 1 aromatic heterocycles. The maximum atomic E-state index is 11.9. The molecule has 2 rings (SSSR count). The van der Waals surface area contributed by atoms with Crippen molar-refractivity contribution in [3.63, 3.8) is 0 Å². The van der Waals surface area contributed by atoms with Crippen molar-refractivity contribution in [1.82, 2.24) is 5.32 Å². The molecule has 0 atom stereocenters. The molecular weight excluding hydrogens is 238 g/mol. The van der Waals surface area contributed by atoms with Crippen molar-refractivity contribution < 1.29 is 9.21 Å². The predicted octanol–water partition coefficient (Wildman–Crippen LogP) is 3.48. The van der Waals surface area contributed by atoms with Gasteiger partial charge in [0.25, 0.3) is 5.91 Å². The summed E-state index contributed by atoms with van der Waals surface area (Å²) in [6.45, 7) is 7.84. The normalized spacial score (nSPS) is 10.2. The maximum absolute atomic E-state index is 11.9. The van der Waals surface area contributed by atoms with Gasteiger partial charge in [-0.2, -0.15) is 0 Å². The van der Waals surface area contributed by atoms with Crippen LogP contribution in [-0.2, 0) is 0 Å². The zero-order valence-electron chi connectivity index (χ0n) is 11.2. The Kier molecular flexibility index (Phi) is 3.85. The number of hydrogen-bond donors (Lipinski definition) is 1. The summed E-state index contributed by atoms with van der Waals surface area (Å²) in [6.07, 6.45) is 1.65. The van der Waals surface area contributed by atoms with Crippen LogP contribution in [0.4, 0.5) is 0 Å². The molecule has 0 aliphatic heterocycles. The number of aryl methyl sites for hydroxylation is 2. The summed E-state index contributed by atoms with van der Waals surface area (Å²) in [5.74, 6) is 1.19. The molecule has 0 spiro atoms. The van der Waals surface area contributed by atoms with Gasteiger partial charge in [-0.3, -0.25) is 4.79 Å². The molecule has 3 heteroatoms. The largest absolute Gasteiger partial charge is 0.461 e. The summed E-state index contributed by atoms with van der Waals surface area (Å²) in [6, 6.07) is 9.78. The first-order chi connectivity index (χ1) is 9.11. The molecule has 0 radical (unpaired) electrons. The second-order valence-corrected chi connectivity index (χ2v) is 4.45. The van der Waals surface area contributed by atoms with Gasteiger partial charge in [-0.15, -0.1) is 6.58 Å². The number of nitrogens with one attached hydrogen (secondary N) is 1. The van der Waals surface area contributed by atoms with Crippen molar-refractivity contribution in [3.8, 4) is 11.3 Å². The van der Waals surface area contributed by atoms with Gasteiger partial charge in [0.1, 0.15) is 11.5 Å². The van der Waals surface area contributed by atoms with Gasteiger partial charge in [-0.25, -0.2) is 0 Å². The number of carbonyl (C=O) groups excluding carboxylic acids is 1. The van der Waals surface area contributed by atoms with E-state index in [2.05, 4.69) is 11.9 Å². The fraction of sp³-hybridized carbons (Fsp3) is 0.188. The standard InChI is InChI=1S/C16H17NO2/c1-4-9-17-16(18)14-10-15(19-12(14)3)13-7-5-11(2)6-8-13/h4-8,10H,1,9H2,2-3H3,(H,17,18). The zero-order valence-corrected chi connectivity index (χ0v) is 11.2. The van der Waals surface area contributed by atoms with E-state index in [1.54, 1.807) is 19.1 Å². The lowest BCUT2D eigenvalue weighted by atomic mass is 10.1. The fourth-order valence-corrected chi connectivity index (χ4v) is 1.83. The smallest absolute Gasteiger partial charge is 0.255 e. The Labute approximate surface area is 112 Å². The van der Waals surface area contributed by atoms with Crippen LogP contribution in [-0.4, -0.2) is 12.5 Å². The van der Waals surface area contributed by atoms with Crippen LogP contribution in [0.2, 0.25) is 0 Å². The number of furan rings is 1. The van der Waals surface area contributed by atoms with Gasteiger partial charge in [0.15, 0.2) is 0 Å². The number of hydrogen-bond acceptors (Lipinski definition) is 2. The molecule has 1 heterocycles. The Hall–Kier alpha value is -2.29. The molecule has 0 saturated heterocycles. The van der Waals surface area contributed by atoms with Crippen molar-refractivity contribution in [2.45, 2.75) is 13.8 Å². The molecule has 0 fully saturated rings. The lowest BCUT2D eigenvalue weighted by molar-refractivity contribution is 0.0956. The van der Waals surface area contributed by atoms with E-state index in [0.717, 1.165) is 5.56 Å². The van der Waals surface area contributed by atoms with Crippen molar-refractivity contribution in [3.05, 3.63) is 59.9 Å². The van der Waals surface area contributed by atoms with Gasteiger partial charge < -0.3 is 9.73 Å². The van der Waals surface area contributed by atoms with E-state index in [1.807, 2.05) is 31.2 Å². The first-order valence-corrected chi connectivity index (χ1v) is 6.18. The molecule has 98 valence electrons. The average molecular weight is 255 g/mol. The van der Waals surface area contributed by atoms with E-state index in [-0.39, 0.29) is 5.91 Å². The minimum Gasteiger partial charge on any atom is -0.461 e. The predicted molar refractivity (Wildman–Crippen MR) is 76.1 cm³/mol. The van der Waals surface area contributed by atoms with Crippen molar-refractivity contribution in [2.75, 3.05) is 6.54 Å². The Balaban J connectivity index is 2.27.